The van der Waals surface area contributed by atoms with Crippen molar-refractivity contribution in [3.05, 3.63) is 65.2 Å². The topological polar surface area (TPSA) is 71.2 Å². The maximum atomic E-state index is 13.2. The van der Waals surface area contributed by atoms with E-state index in [1.165, 1.54) is 0 Å². The van der Waals surface area contributed by atoms with Crippen molar-refractivity contribution in [3.8, 4) is 0 Å². The highest BCUT2D eigenvalue weighted by molar-refractivity contribution is 5.95. The van der Waals surface area contributed by atoms with Crippen molar-refractivity contribution >= 4 is 33.7 Å². The molecule has 0 radical (unpaired) electrons. The van der Waals surface area contributed by atoms with E-state index in [1.807, 2.05) is 52.8 Å². The van der Waals surface area contributed by atoms with Crippen molar-refractivity contribution in [3.63, 3.8) is 0 Å². The van der Waals surface area contributed by atoms with Gasteiger partial charge in [0, 0.05) is 11.1 Å². The van der Waals surface area contributed by atoms with Crippen LogP contribution < -0.4 is 0 Å². The lowest BCUT2D eigenvalue weighted by atomic mass is 10.1. The van der Waals surface area contributed by atoms with E-state index in [9.17, 15) is 4.79 Å². The molecular weight excluding hydrogens is 428 g/mol. The quantitative estimate of drug-likeness (QED) is 0.397. The molecule has 0 N–H and O–H groups in total. The van der Waals surface area contributed by atoms with Crippen LogP contribution in [0, 0.1) is 13.8 Å². The minimum absolute atomic E-state index is 0.367. The Hall–Kier alpha value is -3.45. The molecule has 0 saturated carbocycles. The van der Waals surface area contributed by atoms with Gasteiger partial charge in [0.2, 0.25) is 0 Å². The molecule has 1 aliphatic heterocycles. The van der Waals surface area contributed by atoms with Crippen molar-refractivity contribution in [1.29, 1.82) is 0 Å². The van der Waals surface area contributed by atoms with E-state index in [-0.39, 0.29) is 6.09 Å². The van der Waals surface area contributed by atoms with E-state index in [2.05, 4.69) is 33.8 Å². The van der Waals surface area contributed by atoms with Gasteiger partial charge in [-0.05, 0) is 82.5 Å². The van der Waals surface area contributed by atoms with Gasteiger partial charge < -0.3 is 14.0 Å². The molecule has 0 atom stereocenters. The Balaban J connectivity index is 1.59. The molecule has 4 heterocycles. The number of hydrogen-bond acceptors (Lipinski definition) is 5. The Morgan fingerprint density at radius 3 is 2.68 bits per heavy atom. The number of rotatable bonds is 3. The molecule has 4 aromatic rings. The number of ether oxygens (including phenoxy) is 2. The van der Waals surface area contributed by atoms with Gasteiger partial charge in [0.25, 0.3) is 0 Å². The van der Waals surface area contributed by atoms with Gasteiger partial charge in [0.15, 0.2) is 5.65 Å². The predicted octanol–water partition coefficient (Wildman–Crippen LogP) is 5.64. The van der Waals surface area contributed by atoms with E-state index in [1.54, 1.807) is 4.57 Å². The average molecular weight is 459 g/mol. The van der Waals surface area contributed by atoms with Crippen LogP contribution in [-0.2, 0) is 16.0 Å². The van der Waals surface area contributed by atoms with E-state index in [4.69, 9.17) is 14.5 Å². The van der Waals surface area contributed by atoms with Gasteiger partial charge in [0.05, 0.1) is 31.0 Å². The Morgan fingerprint density at radius 2 is 1.94 bits per heavy atom. The Morgan fingerprint density at radius 1 is 1.12 bits per heavy atom. The Labute approximate surface area is 199 Å². The van der Waals surface area contributed by atoms with Gasteiger partial charge >= 0.3 is 6.09 Å². The van der Waals surface area contributed by atoms with Gasteiger partial charge in [-0.15, -0.1) is 0 Å². The second-order valence-corrected chi connectivity index (χ2v) is 9.83. The van der Waals surface area contributed by atoms with Crippen LogP contribution in [0.4, 0.5) is 4.79 Å². The van der Waals surface area contributed by atoms with Gasteiger partial charge in [0.1, 0.15) is 16.9 Å². The number of pyridine rings is 1. The fourth-order valence-corrected chi connectivity index (χ4v) is 4.44. The Bertz CT molecular complexity index is 1440. The highest BCUT2D eigenvalue weighted by atomic mass is 16.6. The molecular formula is C27H30N4O3. The van der Waals surface area contributed by atoms with Crippen LogP contribution in [0.5, 0.6) is 0 Å². The third kappa shape index (κ3) is 4.23. The first-order valence-electron chi connectivity index (χ1n) is 11.6. The summed E-state index contributed by atoms with van der Waals surface area (Å²) in [7, 11) is 0. The van der Waals surface area contributed by atoms with Crippen LogP contribution in [0.15, 0.2) is 42.5 Å². The first-order chi connectivity index (χ1) is 16.2. The summed E-state index contributed by atoms with van der Waals surface area (Å²) in [5, 5.41) is 0.997. The highest BCUT2D eigenvalue weighted by Crippen LogP contribution is 2.30. The first kappa shape index (κ1) is 22.3. The van der Waals surface area contributed by atoms with Crippen LogP contribution in [0.2, 0.25) is 0 Å². The second kappa shape index (κ2) is 8.40. The van der Waals surface area contributed by atoms with E-state index < -0.39 is 5.60 Å². The minimum atomic E-state index is -0.583. The van der Waals surface area contributed by atoms with Crippen LogP contribution in [-0.4, -0.2) is 44.0 Å². The van der Waals surface area contributed by atoms with Crippen LogP contribution in [0.25, 0.3) is 27.6 Å². The number of aryl methyl sites for hydroxylation is 2. The highest BCUT2D eigenvalue weighted by Gasteiger charge is 2.24. The molecule has 1 aromatic carbocycles. The SMILES string of the molecule is Cc1ccc2nc(C)n(Cc3ccc4c(c3)cc(C3=CCOCC3)n4C(=O)OC(C)(C)C)c2n1. The number of imidazole rings is 1. The van der Waals surface area contributed by atoms with Crippen molar-refractivity contribution in [2.45, 2.75) is 53.2 Å². The molecule has 5 rings (SSSR count). The molecule has 3 aromatic heterocycles. The number of benzene rings is 1. The van der Waals surface area contributed by atoms with Crippen molar-refractivity contribution < 1.29 is 14.3 Å². The van der Waals surface area contributed by atoms with Gasteiger partial charge in [-0.1, -0.05) is 12.1 Å². The van der Waals surface area contributed by atoms with Crippen molar-refractivity contribution in [1.82, 2.24) is 19.1 Å². The van der Waals surface area contributed by atoms with Gasteiger partial charge in [-0.3, -0.25) is 0 Å². The molecule has 0 amide bonds. The number of hydrogen-bond donors (Lipinski definition) is 0. The molecule has 176 valence electrons. The zero-order chi connectivity index (χ0) is 24.0. The average Bonchev–Trinajstić information content (AvgIpc) is 3.31. The lowest BCUT2D eigenvalue weighted by Gasteiger charge is -2.22. The predicted molar refractivity (Wildman–Crippen MR) is 133 cm³/mol. The Kier molecular flexibility index (Phi) is 5.52. The first-order valence-corrected chi connectivity index (χ1v) is 11.6. The monoisotopic (exact) mass is 458 g/mol. The molecule has 0 spiro atoms. The third-order valence-electron chi connectivity index (χ3n) is 6.00. The zero-order valence-corrected chi connectivity index (χ0v) is 20.4. The fourth-order valence-electron chi connectivity index (χ4n) is 4.44. The summed E-state index contributed by atoms with van der Waals surface area (Å²) in [6.07, 6.45) is 2.44. The molecule has 0 saturated heterocycles. The summed E-state index contributed by atoms with van der Waals surface area (Å²) in [5.74, 6) is 0.924. The summed E-state index contributed by atoms with van der Waals surface area (Å²) in [5.41, 5.74) is 6.09. The molecule has 34 heavy (non-hydrogen) atoms. The lowest BCUT2D eigenvalue weighted by Crippen LogP contribution is -2.28. The number of aromatic nitrogens is 4. The molecule has 0 aliphatic carbocycles. The standard InChI is InChI=1S/C27H30N4O3/c1-17-6-8-22-25(28-17)30(18(2)29-22)16-19-7-9-23-21(14-19)15-24(20-10-12-33-13-11-20)31(23)26(32)34-27(3,4)5/h6-10,14-15H,11-13,16H2,1-5H3. The molecule has 0 bridgehead atoms. The van der Waals surface area contributed by atoms with E-state index in [0.717, 1.165) is 56.8 Å². The fraction of sp³-hybridized carbons (Fsp3) is 0.370. The summed E-state index contributed by atoms with van der Waals surface area (Å²) in [4.78, 5) is 22.6. The molecule has 0 unspecified atom stereocenters. The largest absolute Gasteiger partial charge is 0.443 e. The van der Waals surface area contributed by atoms with Crippen LogP contribution in [0.1, 0.15) is 50.0 Å². The van der Waals surface area contributed by atoms with Crippen molar-refractivity contribution in [2.24, 2.45) is 0 Å². The van der Waals surface area contributed by atoms with Crippen LogP contribution in [0.3, 0.4) is 0 Å². The maximum Gasteiger partial charge on any atom is 0.419 e. The second-order valence-electron chi connectivity index (χ2n) is 9.83. The summed E-state index contributed by atoms with van der Waals surface area (Å²) in [6, 6.07) is 12.3. The summed E-state index contributed by atoms with van der Waals surface area (Å²) < 4.78 is 15.1. The molecule has 0 fully saturated rings. The van der Waals surface area contributed by atoms with E-state index >= 15 is 0 Å². The third-order valence-corrected chi connectivity index (χ3v) is 6.00. The molecule has 7 nitrogen and oxygen atoms in total. The maximum absolute atomic E-state index is 13.2. The number of carbonyl (C=O) groups is 1. The van der Waals surface area contributed by atoms with Gasteiger partial charge in [-0.2, -0.15) is 0 Å². The van der Waals surface area contributed by atoms with Gasteiger partial charge in [-0.25, -0.2) is 19.3 Å². The summed E-state index contributed by atoms with van der Waals surface area (Å²) >= 11 is 0. The number of nitrogens with zero attached hydrogens (tertiary/aromatic N) is 4. The summed E-state index contributed by atoms with van der Waals surface area (Å²) in [6.45, 7) is 11.5. The van der Waals surface area contributed by atoms with Crippen LogP contribution >= 0.6 is 0 Å². The van der Waals surface area contributed by atoms with Crippen molar-refractivity contribution in [2.75, 3.05) is 13.2 Å². The van der Waals surface area contributed by atoms with E-state index in [0.29, 0.717) is 19.8 Å². The zero-order valence-electron chi connectivity index (χ0n) is 20.4. The normalized spacial score (nSPS) is 14.6. The number of carbonyl (C=O) groups excluding carboxylic acids is 1. The lowest BCUT2D eigenvalue weighted by molar-refractivity contribution is 0.0542. The minimum Gasteiger partial charge on any atom is -0.443 e. The number of fused-ring (bicyclic) bond motifs is 2. The molecule has 7 heteroatoms. The smallest absolute Gasteiger partial charge is 0.419 e. The molecule has 1 aliphatic rings.